The van der Waals surface area contributed by atoms with Crippen LogP contribution in [0.2, 0.25) is 0 Å². The second kappa shape index (κ2) is 10.3. The Bertz CT molecular complexity index is 518. The predicted molar refractivity (Wildman–Crippen MR) is 106 cm³/mol. The molecule has 24 heavy (non-hydrogen) atoms. The van der Waals surface area contributed by atoms with E-state index in [2.05, 4.69) is 29.0 Å². The van der Waals surface area contributed by atoms with Crippen LogP contribution in [0.4, 0.5) is 5.69 Å². The minimum Gasteiger partial charge on any atom is -0.490 e. The van der Waals surface area contributed by atoms with Crippen LogP contribution >= 0.6 is 12.2 Å². The third-order valence-electron chi connectivity index (χ3n) is 4.16. The predicted octanol–water partition coefficient (Wildman–Crippen LogP) is 3.66. The van der Waals surface area contributed by atoms with E-state index >= 15 is 0 Å². The Labute approximate surface area is 151 Å². The minimum atomic E-state index is 0.516. The summed E-state index contributed by atoms with van der Waals surface area (Å²) in [5, 5.41) is 7.15. The first-order valence-electron chi connectivity index (χ1n) is 8.78. The van der Waals surface area contributed by atoms with Crippen LogP contribution in [0.15, 0.2) is 36.9 Å². The van der Waals surface area contributed by atoms with Crippen molar-refractivity contribution < 1.29 is 4.74 Å². The lowest BCUT2D eigenvalue weighted by atomic mass is 10.0. The lowest BCUT2D eigenvalue weighted by Crippen LogP contribution is -2.37. The van der Waals surface area contributed by atoms with Gasteiger partial charge in [0.1, 0.15) is 12.4 Å². The smallest absolute Gasteiger partial charge is 0.170 e. The van der Waals surface area contributed by atoms with Gasteiger partial charge in [-0.1, -0.05) is 19.6 Å². The Balaban J connectivity index is 1.61. The van der Waals surface area contributed by atoms with Crippen molar-refractivity contribution >= 4 is 23.0 Å². The third-order valence-corrected chi connectivity index (χ3v) is 4.40. The van der Waals surface area contributed by atoms with Gasteiger partial charge in [0.15, 0.2) is 5.11 Å². The van der Waals surface area contributed by atoms with Crippen molar-refractivity contribution in [1.29, 1.82) is 0 Å². The maximum atomic E-state index is 5.46. The van der Waals surface area contributed by atoms with Crippen LogP contribution in [0.1, 0.15) is 26.2 Å². The van der Waals surface area contributed by atoms with Crippen molar-refractivity contribution in [3.05, 3.63) is 36.9 Å². The molecule has 1 aromatic rings. The van der Waals surface area contributed by atoms with Gasteiger partial charge in [-0.3, -0.25) is 0 Å². The molecule has 1 aliphatic heterocycles. The molecule has 1 saturated heterocycles. The summed E-state index contributed by atoms with van der Waals surface area (Å²) in [6.45, 7) is 11.0. The molecule has 132 valence electrons. The van der Waals surface area contributed by atoms with Gasteiger partial charge in [-0.15, -0.1) is 0 Å². The zero-order valence-electron chi connectivity index (χ0n) is 14.6. The maximum Gasteiger partial charge on any atom is 0.170 e. The molecule has 1 heterocycles. The largest absolute Gasteiger partial charge is 0.490 e. The van der Waals surface area contributed by atoms with Gasteiger partial charge in [0.25, 0.3) is 0 Å². The van der Waals surface area contributed by atoms with Gasteiger partial charge in [-0.25, -0.2) is 0 Å². The number of hydrogen-bond donors (Lipinski definition) is 2. The molecule has 2 N–H and O–H groups in total. The average molecular weight is 348 g/mol. The highest BCUT2D eigenvalue weighted by atomic mass is 32.1. The van der Waals surface area contributed by atoms with Gasteiger partial charge in [0.05, 0.1) is 0 Å². The van der Waals surface area contributed by atoms with E-state index in [1.54, 1.807) is 6.08 Å². The number of likely N-dealkylation sites (tertiary alicyclic amines) is 1. The number of benzene rings is 1. The zero-order chi connectivity index (χ0) is 17.2. The number of hydrogen-bond acceptors (Lipinski definition) is 3. The molecule has 0 aromatic heterocycles. The monoisotopic (exact) mass is 347 g/mol. The molecule has 5 heteroatoms. The standard InChI is InChI=1S/C19H29N3OS/c1-3-14-23-18-9-7-17(8-10-18)21-19(24)20-11-5-13-22-12-4-6-16(2)15-22/h3,7-10,16H,1,4-6,11-15H2,2H3,(H2,20,21,24)/t16-/m0/s1. The van der Waals surface area contributed by atoms with Crippen LogP contribution in [0, 0.1) is 5.92 Å². The van der Waals surface area contributed by atoms with Crippen molar-refractivity contribution in [2.75, 3.05) is 38.1 Å². The molecule has 0 unspecified atom stereocenters. The molecular formula is C19H29N3OS. The van der Waals surface area contributed by atoms with Gasteiger partial charge < -0.3 is 20.3 Å². The Kier molecular flexibility index (Phi) is 8.05. The van der Waals surface area contributed by atoms with Crippen molar-refractivity contribution in [3.8, 4) is 5.75 Å². The van der Waals surface area contributed by atoms with Crippen LogP contribution in [0.25, 0.3) is 0 Å². The molecule has 0 aliphatic carbocycles. The van der Waals surface area contributed by atoms with Crippen molar-refractivity contribution in [2.45, 2.75) is 26.2 Å². The molecule has 4 nitrogen and oxygen atoms in total. The summed E-state index contributed by atoms with van der Waals surface area (Å²) in [6, 6.07) is 7.76. The number of anilines is 1. The van der Waals surface area contributed by atoms with Crippen LogP contribution < -0.4 is 15.4 Å². The fraction of sp³-hybridized carbons (Fsp3) is 0.526. The molecular weight excluding hydrogens is 318 g/mol. The maximum absolute atomic E-state index is 5.46. The molecule has 0 spiro atoms. The van der Waals surface area contributed by atoms with Crippen molar-refractivity contribution in [2.24, 2.45) is 5.92 Å². The Hall–Kier alpha value is -1.59. The minimum absolute atomic E-state index is 0.516. The summed E-state index contributed by atoms with van der Waals surface area (Å²) >= 11 is 5.35. The lowest BCUT2D eigenvalue weighted by molar-refractivity contribution is 0.182. The van der Waals surface area contributed by atoms with Crippen LogP contribution in [0.5, 0.6) is 5.75 Å². The van der Waals surface area contributed by atoms with E-state index in [0.717, 1.165) is 36.9 Å². The normalized spacial score (nSPS) is 18.0. The fourth-order valence-electron chi connectivity index (χ4n) is 2.96. The van der Waals surface area contributed by atoms with E-state index in [4.69, 9.17) is 17.0 Å². The van der Waals surface area contributed by atoms with E-state index in [0.29, 0.717) is 11.7 Å². The number of nitrogens with zero attached hydrogens (tertiary/aromatic N) is 1. The van der Waals surface area contributed by atoms with Gasteiger partial charge in [-0.2, -0.15) is 0 Å². The number of rotatable bonds is 8. The number of thiocarbonyl (C=S) groups is 1. The highest BCUT2D eigenvalue weighted by molar-refractivity contribution is 7.80. The quantitative estimate of drug-likeness (QED) is 0.426. The van der Waals surface area contributed by atoms with Crippen LogP contribution in [0.3, 0.4) is 0 Å². The number of ether oxygens (including phenoxy) is 1. The SMILES string of the molecule is C=CCOc1ccc(NC(=S)NCCCN2CCC[C@H](C)C2)cc1. The zero-order valence-corrected chi connectivity index (χ0v) is 15.4. The summed E-state index contributed by atoms with van der Waals surface area (Å²) in [5.74, 6) is 1.67. The summed E-state index contributed by atoms with van der Waals surface area (Å²) < 4.78 is 5.46. The van der Waals surface area contributed by atoms with E-state index in [-0.39, 0.29) is 0 Å². The molecule has 0 radical (unpaired) electrons. The molecule has 0 amide bonds. The molecule has 0 saturated carbocycles. The Morgan fingerprint density at radius 3 is 2.92 bits per heavy atom. The molecule has 0 bridgehead atoms. The summed E-state index contributed by atoms with van der Waals surface area (Å²) in [5.41, 5.74) is 0.961. The summed E-state index contributed by atoms with van der Waals surface area (Å²) in [6.07, 6.45) is 5.56. The van der Waals surface area contributed by atoms with E-state index < -0.39 is 0 Å². The second-order valence-electron chi connectivity index (χ2n) is 6.41. The summed E-state index contributed by atoms with van der Waals surface area (Å²) in [4.78, 5) is 2.56. The third kappa shape index (κ3) is 6.89. The number of piperidine rings is 1. The first-order valence-corrected chi connectivity index (χ1v) is 9.19. The molecule has 2 rings (SSSR count). The average Bonchev–Trinajstić information content (AvgIpc) is 2.58. The van der Waals surface area contributed by atoms with Crippen molar-refractivity contribution in [1.82, 2.24) is 10.2 Å². The van der Waals surface area contributed by atoms with E-state index in [9.17, 15) is 0 Å². The van der Waals surface area contributed by atoms with Gasteiger partial charge >= 0.3 is 0 Å². The van der Waals surface area contributed by atoms with E-state index in [1.165, 1.54) is 25.9 Å². The summed E-state index contributed by atoms with van der Waals surface area (Å²) in [7, 11) is 0. The molecule has 1 atom stereocenters. The van der Waals surface area contributed by atoms with E-state index in [1.807, 2.05) is 24.3 Å². The fourth-order valence-corrected chi connectivity index (χ4v) is 3.18. The highest BCUT2D eigenvalue weighted by Gasteiger charge is 2.15. The highest BCUT2D eigenvalue weighted by Crippen LogP contribution is 2.16. The number of nitrogens with one attached hydrogen (secondary N) is 2. The molecule has 1 aromatic carbocycles. The van der Waals surface area contributed by atoms with Crippen LogP contribution in [-0.4, -0.2) is 42.8 Å². The molecule has 1 fully saturated rings. The second-order valence-corrected chi connectivity index (χ2v) is 6.81. The van der Waals surface area contributed by atoms with Gasteiger partial charge in [-0.05, 0) is 74.8 Å². The molecule has 1 aliphatic rings. The topological polar surface area (TPSA) is 36.5 Å². The first-order chi connectivity index (χ1) is 11.7. The first kappa shape index (κ1) is 18.7. The van der Waals surface area contributed by atoms with Crippen molar-refractivity contribution in [3.63, 3.8) is 0 Å². The Morgan fingerprint density at radius 2 is 2.21 bits per heavy atom. The van der Waals surface area contributed by atoms with Gasteiger partial charge in [0.2, 0.25) is 0 Å². The lowest BCUT2D eigenvalue weighted by Gasteiger charge is -2.30. The van der Waals surface area contributed by atoms with Crippen LogP contribution in [-0.2, 0) is 0 Å². The Morgan fingerprint density at radius 1 is 1.42 bits per heavy atom. The van der Waals surface area contributed by atoms with Gasteiger partial charge in [0, 0.05) is 18.8 Å².